The molecule has 0 amide bonds. The van der Waals surface area contributed by atoms with Crippen LogP contribution in [0.15, 0.2) is 22.6 Å². The highest BCUT2D eigenvalue weighted by Crippen LogP contribution is 2.34. The highest BCUT2D eigenvalue weighted by atomic mass is 32.2. The number of hydrogen-bond acceptors (Lipinski definition) is 4. The fourth-order valence-corrected chi connectivity index (χ4v) is 3.60. The number of amidine groups is 1. The highest BCUT2D eigenvalue weighted by molar-refractivity contribution is 7.91. The first kappa shape index (κ1) is 13.2. The van der Waals surface area contributed by atoms with E-state index in [0.29, 0.717) is 22.9 Å². The van der Waals surface area contributed by atoms with Crippen molar-refractivity contribution in [1.29, 1.82) is 0 Å². The molecule has 1 saturated carbocycles. The van der Waals surface area contributed by atoms with Crippen molar-refractivity contribution in [3.63, 3.8) is 0 Å². The molecular formula is C13H17N3O3S. The van der Waals surface area contributed by atoms with Crippen molar-refractivity contribution in [3.8, 4) is 5.75 Å². The summed E-state index contributed by atoms with van der Waals surface area (Å²) in [7, 11) is -3.74. The van der Waals surface area contributed by atoms with Crippen molar-refractivity contribution in [1.82, 2.24) is 0 Å². The quantitative estimate of drug-likeness (QED) is 0.867. The molecule has 6 nitrogen and oxygen atoms in total. The average molecular weight is 295 g/mol. The lowest BCUT2D eigenvalue weighted by Crippen LogP contribution is -2.27. The minimum Gasteiger partial charge on any atom is -0.490 e. The van der Waals surface area contributed by atoms with Crippen molar-refractivity contribution in [2.75, 3.05) is 4.72 Å². The number of nitrogens with zero attached hydrogens (tertiary/aromatic N) is 1. The van der Waals surface area contributed by atoms with Gasteiger partial charge in [-0.05, 0) is 37.3 Å². The largest absolute Gasteiger partial charge is 0.490 e. The van der Waals surface area contributed by atoms with Crippen molar-refractivity contribution in [2.45, 2.75) is 32.3 Å². The molecule has 2 aliphatic rings. The van der Waals surface area contributed by atoms with E-state index in [2.05, 4.69) is 16.0 Å². The van der Waals surface area contributed by atoms with Gasteiger partial charge in [-0.1, -0.05) is 13.0 Å². The second kappa shape index (κ2) is 4.66. The summed E-state index contributed by atoms with van der Waals surface area (Å²) in [6, 6.07) is 5.19. The van der Waals surface area contributed by atoms with Gasteiger partial charge in [0.25, 0.3) is 0 Å². The van der Waals surface area contributed by atoms with Crippen molar-refractivity contribution < 1.29 is 13.2 Å². The third-order valence-corrected chi connectivity index (χ3v) is 4.60. The molecule has 108 valence electrons. The Hall–Kier alpha value is -1.76. The zero-order valence-electron chi connectivity index (χ0n) is 11.2. The van der Waals surface area contributed by atoms with E-state index in [1.807, 2.05) is 0 Å². The van der Waals surface area contributed by atoms with Gasteiger partial charge >= 0.3 is 10.2 Å². The summed E-state index contributed by atoms with van der Waals surface area (Å²) in [5.74, 6) is 1.22. The zero-order chi connectivity index (χ0) is 14.3. The Morgan fingerprint density at radius 1 is 1.40 bits per heavy atom. The standard InChI is InChI=1S/C13H17N3O3S/c1-8-5-6-9(7-8)19-11-4-2-3-10-12(11)13(14)16-20(17,18)15-10/h2-4,8-9,15H,5-7H2,1H3,(H2,14,16). The third kappa shape index (κ3) is 2.45. The predicted octanol–water partition coefficient (Wildman–Crippen LogP) is 1.63. The summed E-state index contributed by atoms with van der Waals surface area (Å²) in [5, 5.41) is 0. The minimum absolute atomic E-state index is 0.0274. The number of rotatable bonds is 2. The fourth-order valence-electron chi connectivity index (χ4n) is 2.76. The summed E-state index contributed by atoms with van der Waals surface area (Å²) in [6.07, 6.45) is 3.32. The van der Waals surface area contributed by atoms with E-state index in [0.717, 1.165) is 19.3 Å². The van der Waals surface area contributed by atoms with Gasteiger partial charge in [-0.15, -0.1) is 4.40 Å². The van der Waals surface area contributed by atoms with Crippen LogP contribution in [-0.4, -0.2) is 20.4 Å². The second-order valence-corrected chi connectivity index (χ2v) is 6.73. The average Bonchev–Trinajstić information content (AvgIpc) is 2.72. The van der Waals surface area contributed by atoms with Gasteiger partial charge in [0.2, 0.25) is 0 Å². The minimum atomic E-state index is -3.74. The van der Waals surface area contributed by atoms with Crippen molar-refractivity contribution in [3.05, 3.63) is 23.8 Å². The first-order valence-electron chi connectivity index (χ1n) is 6.63. The third-order valence-electron chi connectivity index (χ3n) is 3.68. The van der Waals surface area contributed by atoms with Gasteiger partial charge in [-0.25, -0.2) is 0 Å². The van der Waals surface area contributed by atoms with Gasteiger partial charge < -0.3 is 10.5 Å². The molecule has 7 heteroatoms. The first-order valence-corrected chi connectivity index (χ1v) is 8.07. The van der Waals surface area contributed by atoms with E-state index in [9.17, 15) is 8.42 Å². The van der Waals surface area contributed by atoms with Gasteiger partial charge in [-0.3, -0.25) is 4.72 Å². The molecule has 2 atom stereocenters. The van der Waals surface area contributed by atoms with Crippen LogP contribution in [0.2, 0.25) is 0 Å². The maximum absolute atomic E-state index is 11.5. The Bertz CT molecular complexity index is 669. The van der Waals surface area contributed by atoms with Gasteiger partial charge in [0.05, 0.1) is 17.4 Å². The van der Waals surface area contributed by atoms with Crippen LogP contribution in [0, 0.1) is 5.92 Å². The lowest BCUT2D eigenvalue weighted by atomic mass is 10.1. The summed E-state index contributed by atoms with van der Waals surface area (Å²) in [5.41, 5.74) is 6.72. The Balaban J connectivity index is 1.94. The van der Waals surface area contributed by atoms with E-state index >= 15 is 0 Å². The van der Waals surface area contributed by atoms with Crippen molar-refractivity contribution in [2.24, 2.45) is 16.0 Å². The molecule has 0 saturated heterocycles. The highest BCUT2D eigenvalue weighted by Gasteiger charge is 2.27. The lowest BCUT2D eigenvalue weighted by molar-refractivity contribution is 0.205. The first-order chi connectivity index (χ1) is 9.44. The molecule has 1 aromatic rings. The molecule has 0 bridgehead atoms. The fraction of sp³-hybridized carbons (Fsp3) is 0.462. The van der Waals surface area contributed by atoms with Crippen LogP contribution in [0.4, 0.5) is 5.69 Å². The lowest BCUT2D eigenvalue weighted by Gasteiger charge is -2.21. The molecule has 1 aliphatic carbocycles. The van der Waals surface area contributed by atoms with Gasteiger partial charge in [-0.2, -0.15) is 8.42 Å². The van der Waals surface area contributed by atoms with Crippen LogP contribution in [0.3, 0.4) is 0 Å². The molecule has 3 rings (SSSR count). The number of fused-ring (bicyclic) bond motifs is 1. The maximum Gasteiger partial charge on any atom is 0.344 e. The number of nitrogens with one attached hydrogen (secondary N) is 1. The number of hydrogen-bond donors (Lipinski definition) is 2. The van der Waals surface area contributed by atoms with Gasteiger partial charge in [0, 0.05) is 0 Å². The van der Waals surface area contributed by atoms with Crippen LogP contribution in [0.25, 0.3) is 0 Å². The molecule has 3 N–H and O–H groups in total. The van der Waals surface area contributed by atoms with Crippen LogP contribution in [0.1, 0.15) is 31.7 Å². The van der Waals surface area contributed by atoms with E-state index in [4.69, 9.17) is 10.5 Å². The van der Waals surface area contributed by atoms with Crippen LogP contribution in [0.5, 0.6) is 5.75 Å². The molecule has 0 aromatic heterocycles. The smallest absolute Gasteiger partial charge is 0.344 e. The van der Waals surface area contributed by atoms with Crippen molar-refractivity contribution >= 4 is 21.7 Å². The predicted molar refractivity (Wildman–Crippen MR) is 77.1 cm³/mol. The van der Waals surface area contributed by atoms with E-state index in [-0.39, 0.29) is 11.9 Å². The zero-order valence-corrected chi connectivity index (χ0v) is 12.0. The van der Waals surface area contributed by atoms with E-state index < -0.39 is 10.2 Å². The summed E-state index contributed by atoms with van der Waals surface area (Å²) < 4.78 is 34.8. The molecule has 1 aromatic carbocycles. The molecule has 1 fully saturated rings. The van der Waals surface area contributed by atoms with Crippen LogP contribution < -0.4 is 15.2 Å². The molecule has 1 heterocycles. The molecule has 0 spiro atoms. The Kier molecular flexibility index (Phi) is 3.08. The summed E-state index contributed by atoms with van der Waals surface area (Å²) in [6.45, 7) is 2.20. The van der Waals surface area contributed by atoms with Crippen LogP contribution >= 0.6 is 0 Å². The monoisotopic (exact) mass is 295 g/mol. The normalized spacial score (nSPS) is 27.4. The molecule has 1 aliphatic heterocycles. The second-order valence-electron chi connectivity index (χ2n) is 5.39. The van der Waals surface area contributed by atoms with Crippen LogP contribution in [-0.2, 0) is 10.2 Å². The van der Waals surface area contributed by atoms with E-state index in [1.54, 1.807) is 18.2 Å². The number of ether oxygens (including phenoxy) is 1. The molecule has 0 radical (unpaired) electrons. The molecule has 2 unspecified atom stereocenters. The molecular weight excluding hydrogens is 278 g/mol. The Morgan fingerprint density at radius 3 is 2.90 bits per heavy atom. The number of nitrogens with two attached hydrogens (primary N) is 1. The summed E-state index contributed by atoms with van der Waals surface area (Å²) >= 11 is 0. The Labute approximate surface area is 118 Å². The summed E-state index contributed by atoms with van der Waals surface area (Å²) in [4.78, 5) is 0. The SMILES string of the molecule is CC1CCC(Oc2cccc3c2C(N)=NS(=O)(=O)N3)C1. The number of anilines is 1. The maximum atomic E-state index is 11.5. The van der Waals surface area contributed by atoms with Gasteiger partial charge in [0.15, 0.2) is 5.84 Å². The van der Waals surface area contributed by atoms with E-state index in [1.165, 1.54) is 0 Å². The Morgan fingerprint density at radius 2 is 2.20 bits per heavy atom. The number of benzene rings is 1. The van der Waals surface area contributed by atoms with Gasteiger partial charge in [0.1, 0.15) is 5.75 Å². The molecule has 20 heavy (non-hydrogen) atoms. The topological polar surface area (TPSA) is 93.8 Å².